The summed E-state index contributed by atoms with van der Waals surface area (Å²) < 4.78 is 11.8. The molecule has 0 aromatic heterocycles. The lowest BCUT2D eigenvalue weighted by Gasteiger charge is -2.44. The van der Waals surface area contributed by atoms with Gasteiger partial charge in [0.1, 0.15) is 0 Å². The molecule has 2 aliphatic carbocycles. The second kappa shape index (κ2) is 10.8. The van der Waals surface area contributed by atoms with Crippen molar-refractivity contribution in [1.82, 2.24) is 5.32 Å². The largest absolute Gasteiger partial charge is 0.490 e. The van der Waals surface area contributed by atoms with E-state index in [1.165, 1.54) is 0 Å². The molecule has 1 heterocycles. The third-order valence-electron chi connectivity index (χ3n) is 8.01. The van der Waals surface area contributed by atoms with Crippen LogP contribution in [0.1, 0.15) is 77.3 Å². The highest BCUT2D eigenvalue weighted by Gasteiger charge is 2.46. The number of allylic oxidation sites excluding steroid dienone is 4. The molecule has 1 amide bonds. The monoisotopic (exact) mass is 556 g/mol. The molecule has 0 saturated heterocycles. The highest BCUT2D eigenvalue weighted by molar-refractivity contribution is 6.06. The van der Waals surface area contributed by atoms with Crippen LogP contribution in [0.15, 0.2) is 65.0 Å². The van der Waals surface area contributed by atoms with Crippen molar-refractivity contribution in [2.75, 3.05) is 18.5 Å². The Kier molecular flexibility index (Phi) is 7.58. The maximum atomic E-state index is 13.6. The molecule has 216 valence electrons. The van der Waals surface area contributed by atoms with Crippen LogP contribution in [0.4, 0.5) is 5.69 Å². The second-order valence-corrected chi connectivity index (χ2v) is 13.1. The second-order valence-electron chi connectivity index (χ2n) is 13.1. The van der Waals surface area contributed by atoms with Crippen LogP contribution in [0.3, 0.4) is 0 Å². The molecule has 1 aliphatic heterocycles. The average molecular weight is 557 g/mol. The smallest absolute Gasteiger partial charge is 0.262 e. The fraction of sp³-hybridized carbons (Fsp3) is 0.441. The van der Waals surface area contributed by atoms with E-state index < -0.39 is 5.92 Å². The van der Waals surface area contributed by atoms with Crippen molar-refractivity contribution in [3.8, 4) is 11.5 Å². The third-order valence-corrected chi connectivity index (χ3v) is 8.01. The van der Waals surface area contributed by atoms with Crippen molar-refractivity contribution in [2.45, 2.75) is 73.1 Å². The fourth-order valence-corrected chi connectivity index (χ4v) is 6.29. The Morgan fingerprint density at radius 3 is 2.00 bits per heavy atom. The first-order valence-electron chi connectivity index (χ1n) is 14.4. The van der Waals surface area contributed by atoms with Gasteiger partial charge in [0.25, 0.3) is 5.91 Å². The summed E-state index contributed by atoms with van der Waals surface area (Å²) in [7, 11) is 0. The van der Waals surface area contributed by atoms with Gasteiger partial charge in [0.05, 0.1) is 6.61 Å². The number of hydrogen-bond donors (Lipinski definition) is 2. The summed E-state index contributed by atoms with van der Waals surface area (Å²) in [5, 5.41) is 6.39. The van der Waals surface area contributed by atoms with E-state index in [4.69, 9.17) is 9.47 Å². The van der Waals surface area contributed by atoms with Crippen molar-refractivity contribution in [3.63, 3.8) is 0 Å². The minimum absolute atomic E-state index is 0.0731. The van der Waals surface area contributed by atoms with E-state index in [0.717, 1.165) is 35.4 Å². The quantitative estimate of drug-likeness (QED) is 0.411. The van der Waals surface area contributed by atoms with E-state index in [2.05, 4.69) is 38.3 Å². The number of benzene rings is 2. The molecule has 2 N–H and O–H groups in total. The Morgan fingerprint density at radius 1 is 0.854 bits per heavy atom. The minimum Gasteiger partial charge on any atom is -0.490 e. The number of amides is 1. The summed E-state index contributed by atoms with van der Waals surface area (Å²) in [5.41, 5.74) is 5.52. The number of rotatable bonds is 7. The van der Waals surface area contributed by atoms with Gasteiger partial charge in [0.2, 0.25) is 0 Å². The number of dihydropyridines is 1. The first kappa shape index (κ1) is 28.7. The van der Waals surface area contributed by atoms with Gasteiger partial charge >= 0.3 is 0 Å². The number of hydrogen-bond acceptors (Lipinski definition) is 6. The van der Waals surface area contributed by atoms with Crippen molar-refractivity contribution >= 4 is 23.2 Å². The predicted octanol–water partition coefficient (Wildman–Crippen LogP) is 6.38. The van der Waals surface area contributed by atoms with Crippen molar-refractivity contribution in [3.05, 3.63) is 76.1 Å². The molecule has 7 heteroatoms. The molecule has 3 aliphatic rings. The van der Waals surface area contributed by atoms with Gasteiger partial charge in [-0.2, -0.15) is 0 Å². The summed E-state index contributed by atoms with van der Waals surface area (Å²) in [6.07, 6.45) is 2.35. The number of ether oxygens (including phenoxy) is 2. The van der Waals surface area contributed by atoms with E-state index >= 15 is 0 Å². The fourth-order valence-electron chi connectivity index (χ4n) is 6.29. The number of anilines is 1. The van der Waals surface area contributed by atoms with Gasteiger partial charge in [-0.15, -0.1) is 0 Å². The van der Waals surface area contributed by atoms with Crippen LogP contribution >= 0.6 is 0 Å². The summed E-state index contributed by atoms with van der Waals surface area (Å²) in [6, 6.07) is 13.1. The highest BCUT2D eigenvalue weighted by atomic mass is 16.5. The molecule has 2 aromatic carbocycles. The number of ketones is 2. The Morgan fingerprint density at radius 2 is 1.44 bits per heavy atom. The third kappa shape index (κ3) is 6.09. The maximum absolute atomic E-state index is 13.6. The summed E-state index contributed by atoms with van der Waals surface area (Å²) in [6.45, 7) is 12.5. The molecule has 0 bridgehead atoms. The van der Waals surface area contributed by atoms with Crippen molar-refractivity contribution in [2.24, 2.45) is 10.8 Å². The van der Waals surface area contributed by atoms with Crippen LogP contribution in [0.2, 0.25) is 0 Å². The Bertz CT molecular complexity index is 1410. The lowest BCUT2D eigenvalue weighted by Crippen LogP contribution is -2.42. The Hall–Kier alpha value is -3.87. The van der Waals surface area contributed by atoms with E-state index in [1.807, 2.05) is 50.2 Å². The summed E-state index contributed by atoms with van der Waals surface area (Å²) in [5.74, 6) is 0.302. The molecule has 0 spiro atoms. The molecule has 0 saturated carbocycles. The van der Waals surface area contributed by atoms with E-state index in [1.54, 1.807) is 6.07 Å². The molecule has 0 unspecified atom stereocenters. The van der Waals surface area contributed by atoms with Crippen LogP contribution in [0.5, 0.6) is 11.5 Å². The molecule has 41 heavy (non-hydrogen) atoms. The van der Waals surface area contributed by atoms with Gasteiger partial charge < -0.3 is 20.1 Å². The average Bonchev–Trinajstić information content (AvgIpc) is 2.87. The molecular formula is C34H40N2O5. The van der Waals surface area contributed by atoms with Gasteiger partial charge in [0, 0.05) is 47.0 Å². The zero-order valence-electron chi connectivity index (χ0n) is 24.9. The van der Waals surface area contributed by atoms with Crippen LogP contribution < -0.4 is 20.1 Å². The molecule has 5 rings (SSSR count). The Labute approximate surface area is 242 Å². The summed E-state index contributed by atoms with van der Waals surface area (Å²) in [4.78, 5) is 39.8. The highest BCUT2D eigenvalue weighted by Crippen LogP contribution is 2.51. The van der Waals surface area contributed by atoms with Gasteiger partial charge in [-0.3, -0.25) is 14.4 Å². The van der Waals surface area contributed by atoms with Gasteiger partial charge in [0.15, 0.2) is 29.7 Å². The predicted molar refractivity (Wildman–Crippen MR) is 159 cm³/mol. The Balaban J connectivity index is 1.47. The lowest BCUT2D eigenvalue weighted by molar-refractivity contribution is -0.119. The number of aryl methyl sites for hydroxylation is 1. The standard InChI is InChI=1S/C34H40N2O5/c1-7-40-28-14-21(10-13-27(28)41-19-29(39)35-22-11-8-20(2)9-12-22)30-31-23(15-33(3,4)17-25(31)37)36-24-16-34(5,6)18-26(38)32(24)30/h8-14,30,36H,7,15-19H2,1-6H3,(H,35,39). The summed E-state index contributed by atoms with van der Waals surface area (Å²) >= 11 is 0. The van der Waals surface area contributed by atoms with Gasteiger partial charge in [-0.05, 0) is 67.3 Å². The van der Waals surface area contributed by atoms with E-state index in [-0.39, 0.29) is 34.9 Å². The number of carbonyl (C=O) groups excluding carboxylic acids is 3. The molecule has 0 radical (unpaired) electrons. The molecule has 2 aromatic rings. The topological polar surface area (TPSA) is 93.7 Å². The zero-order chi connectivity index (χ0) is 29.5. The van der Waals surface area contributed by atoms with Crippen LogP contribution in [-0.4, -0.2) is 30.7 Å². The number of Topliss-reactive ketones (excluding diaryl/α,β-unsaturated/α-hetero) is 2. The maximum Gasteiger partial charge on any atom is 0.262 e. The number of nitrogens with one attached hydrogen (secondary N) is 2. The van der Waals surface area contributed by atoms with Crippen molar-refractivity contribution < 1.29 is 23.9 Å². The van der Waals surface area contributed by atoms with Gasteiger partial charge in [-0.1, -0.05) is 51.5 Å². The molecule has 7 nitrogen and oxygen atoms in total. The lowest BCUT2D eigenvalue weighted by atomic mass is 9.64. The minimum atomic E-state index is -0.466. The normalized spacial score (nSPS) is 19.8. The van der Waals surface area contributed by atoms with Crippen LogP contribution in [-0.2, 0) is 14.4 Å². The molecular weight excluding hydrogens is 516 g/mol. The first-order chi connectivity index (χ1) is 19.4. The molecule has 0 fully saturated rings. The van der Waals surface area contributed by atoms with Crippen LogP contribution in [0.25, 0.3) is 0 Å². The van der Waals surface area contributed by atoms with Crippen molar-refractivity contribution in [1.29, 1.82) is 0 Å². The number of carbonyl (C=O) groups is 3. The van der Waals surface area contributed by atoms with Crippen LogP contribution in [0, 0.1) is 17.8 Å². The van der Waals surface area contributed by atoms with E-state index in [9.17, 15) is 14.4 Å². The molecule has 0 atom stereocenters. The zero-order valence-corrected chi connectivity index (χ0v) is 24.9. The SMILES string of the molecule is CCOc1cc(C2C3=C(CC(C)(C)CC3=O)NC3=C2C(=O)CC(C)(C)C3)ccc1OCC(=O)Nc1ccc(C)cc1. The van der Waals surface area contributed by atoms with E-state index in [0.29, 0.717) is 47.8 Å². The first-order valence-corrected chi connectivity index (χ1v) is 14.4. The van der Waals surface area contributed by atoms with Gasteiger partial charge in [-0.25, -0.2) is 0 Å².